The number of methoxy groups -OCH3 is 1. The van der Waals surface area contributed by atoms with Crippen molar-refractivity contribution in [2.45, 2.75) is 6.42 Å². The lowest BCUT2D eigenvalue weighted by molar-refractivity contribution is -0.139. The minimum Gasteiger partial charge on any atom is -0.385 e. The highest BCUT2D eigenvalue weighted by molar-refractivity contribution is 6.42. The summed E-state index contributed by atoms with van der Waals surface area (Å²) in [6, 6.07) is 4.87. The molecule has 2 amide bonds. The van der Waals surface area contributed by atoms with Crippen LogP contribution in [-0.4, -0.2) is 38.3 Å². The molecule has 6 nitrogen and oxygen atoms in total. The van der Waals surface area contributed by atoms with Gasteiger partial charge in [-0.3, -0.25) is 9.59 Å². The Labute approximate surface area is 132 Å². The Kier molecular flexibility index (Phi) is 7.74. The summed E-state index contributed by atoms with van der Waals surface area (Å²) < 4.78 is 4.82. The first kappa shape index (κ1) is 17.4. The average molecular weight is 332 g/mol. The second kappa shape index (κ2) is 9.33. The van der Waals surface area contributed by atoms with Crippen molar-refractivity contribution in [1.29, 1.82) is 0 Å². The summed E-state index contributed by atoms with van der Waals surface area (Å²) in [6.45, 7) is 0.869. The summed E-state index contributed by atoms with van der Waals surface area (Å²) in [5.41, 5.74) is 2.76. The molecular formula is C13H15Cl2N3O3. The molecule has 0 aliphatic carbocycles. The van der Waals surface area contributed by atoms with Crippen LogP contribution in [0, 0.1) is 0 Å². The number of carbonyl (C=O) groups excluding carboxylic acids is 2. The zero-order chi connectivity index (χ0) is 15.7. The van der Waals surface area contributed by atoms with Crippen LogP contribution in [0.3, 0.4) is 0 Å². The molecule has 1 aromatic carbocycles. The van der Waals surface area contributed by atoms with Crippen molar-refractivity contribution in [3.05, 3.63) is 33.8 Å². The SMILES string of the molecule is COCCCNC(=O)C(=O)N/N=C\c1ccc(Cl)c(Cl)c1. The summed E-state index contributed by atoms with van der Waals surface area (Å²) >= 11 is 11.6. The number of nitrogens with zero attached hydrogens (tertiary/aromatic N) is 1. The second-order valence-electron chi connectivity index (χ2n) is 3.97. The van der Waals surface area contributed by atoms with Crippen LogP contribution < -0.4 is 10.7 Å². The molecule has 0 fully saturated rings. The van der Waals surface area contributed by atoms with Gasteiger partial charge in [-0.25, -0.2) is 5.43 Å². The van der Waals surface area contributed by atoms with Gasteiger partial charge in [0.25, 0.3) is 0 Å². The molecule has 8 heteroatoms. The van der Waals surface area contributed by atoms with Crippen LogP contribution in [0.15, 0.2) is 23.3 Å². The van der Waals surface area contributed by atoms with Crippen molar-refractivity contribution in [3.63, 3.8) is 0 Å². The maximum Gasteiger partial charge on any atom is 0.329 e. The van der Waals surface area contributed by atoms with E-state index in [-0.39, 0.29) is 0 Å². The fourth-order valence-corrected chi connectivity index (χ4v) is 1.61. The van der Waals surface area contributed by atoms with E-state index in [4.69, 9.17) is 27.9 Å². The van der Waals surface area contributed by atoms with Crippen molar-refractivity contribution >= 4 is 41.2 Å². The molecule has 0 aliphatic heterocycles. The zero-order valence-electron chi connectivity index (χ0n) is 11.4. The molecule has 0 radical (unpaired) electrons. The minimum absolute atomic E-state index is 0.358. The van der Waals surface area contributed by atoms with Crippen molar-refractivity contribution < 1.29 is 14.3 Å². The Bertz CT molecular complexity index is 535. The summed E-state index contributed by atoms with van der Waals surface area (Å²) in [5.74, 6) is -1.60. The van der Waals surface area contributed by atoms with E-state index in [0.29, 0.717) is 35.2 Å². The van der Waals surface area contributed by atoms with Crippen molar-refractivity contribution in [3.8, 4) is 0 Å². The first-order valence-electron chi connectivity index (χ1n) is 6.10. The molecule has 0 aliphatic rings. The fraction of sp³-hybridized carbons (Fsp3) is 0.308. The van der Waals surface area contributed by atoms with E-state index in [0.717, 1.165) is 0 Å². The smallest absolute Gasteiger partial charge is 0.329 e. The Hall–Kier alpha value is -1.63. The molecule has 0 bridgehead atoms. The van der Waals surface area contributed by atoms with Crippen molar-refractivity contribution in [2.24, 2.45) is 5.10 Å². The number of rotatable bonds is 6. The first-order valence-corrected chi connectivity index (χ1v) is 6.85. The summed E-state index contributed by atoms with van der Waals surface area (Å²) in [4.78, 5) is 22.8. The van der Waals surface area contributed by atoms with Crippen LogP contribution >= 0.6 is 23.2 Å². The van der Waals surface area contributed by atoms with Gasteiger partial charge >= 0.3 is 11.8 Å². The van der Waals surface area contributed by atoms with Gasteiger partial charge in [0, 0.05) is 20.3 Å². The number of carbonyl (C=O) groups is 2. The van der Waals surface area contributed by atoms with E-state index >= 15 is 0 Å². The molecule has 0 unspecified atom stereocenters. The molecule has 0 spiro atoms. The number of nitrogens with one attached hydrogen (secondary N) is 2. The van der Waals surface area contributed by atoms with Crippen molar-refractivity contribution in [1.82, 2.24) is 10.7 Å². The zero-order valence-corrected chi connectivity index (χ0v) is 12.9. The quantitative estimate of drug-likeness (QED) is 0.359. The number of hydrogen-bond acceptors (Lipinski definition) is 4. The largest absolute Gasteiger partial charge is 0.385 e. The van der Waals surface area contributed by atoms with E-state index in [1.54, 1.807) is 25.3 Å². The molecule has 0 saturated heterocycles. The molecule has 21 heavy (non-hydrogen) atoms. The third kappa shape index (κ3) is 6.57. The van der Waals surface area contributed by atoms with Gasteiger partial charge in [-0.05, 0) is 24.1 Å². The molecule has 0 saturated carbocycles. The standard InChI is InChI=1S/C13H15Cl2N3O3/c1-21-6-2-5-16-12(19)13(20)18-17-8-9-3-4-10(14)11(15)7-9/h3-4,7-8H,2,5-6H2,1H3,(H,16,19)(H,18,20)/b17-8-. The lowest BCUT2D eigenvalue weighted by Crippen LogP contribution is -2.38. The van der Waals surface area contributed by atoms with Crippen LogP contribution in [-0.2, 0) is 14.3 Å². The van der Waals surface area contributed by atoms with Gasteiger partial charge in [0.1, 0.15) is 0 Å². The van der Waals surface area contributed by atoms with E-state index in [1.807, 2.05) is 0 Å². The van der Waals surface area contributed by atoms with E-state index < -0.39 is 11.8 Å². The Balaban J connectivity index is 2.39. The monoisotopic (exact) mass is 331 g/mol. The van der Waals surface area contributed by atoms with Crippen LogP contribution in [0.25, 0.3) is 0 Å². The maximum absolute atomic E-state index is 11.4. The van der Waals surface area contributed by atoms with E-state index in [1.165, 1.54) is 6.21 Å². The highest BCUT2D eigenvalue weighted by Crippen LogP contribution is 2.21. The van der Waals surface area contributed by atoms with Gasteiger partial charge in [0.2, 0.25) is 0 Å². The lowest BCUT2D eigenvalue weighted by Gasteiger charge is -2.03. The molecule has 0 heterocycles. The second-order valence-corrected chi connectivity index (χ2v) is 4.79. The van der Waals surface area contributed by atoms with Gasteiger partial charge in [-0.1, -0.05) is 29.3 Å². The van der Waals surface area contributed by atoms with E-state index in [2.05, 4.69) is 15.8 Å². The van der Waals surface area contributed by atoms with Gasteiger partial charge in [0.05, 0.1) is 16.3 Å². The number of halogens is 2. The fourth-order valence-electron chi connectivity index (χ4n) is 1.31. The maximum atomic E-state index is 11.4. The molecule has 114 valence electrons. The first-order chi connectivity index (χ1) is 10.0. The van der Waals surface area contributed by atoms with E-state index in [9.17, 15) is 9.59 Å². The van der Waals surface area contributed by atoms with Crippen LogP contribution in [0.1, 0.15) is 12.0 Å². The highest BCUT2D eigenvalue weighted by Gasteiger charge is 2.11. The molecule has 0 atom stereocenters. The average Bonchev–Trinajstić information content (AvgIpc) is 2.47. The Morgan fingerprint density at radius 1 is 1.29 bits per heavy atom. The third-order valence-corrected chi connectivity index (χ3v) is 3.08. The molecular weight excluding hydrogens is 317 g/mol. The lowest BCUT2D eigenvalue weighted by atomic mass is 10.2. The number of benzene rings is 1. The van der Waals surface area contributed by atoms with Crippen LogP contribution in [0.4, 0.5) is 0 Å². The number of amides is 2. The summed E-state index contributed by atoms with van der Waals surface area (Å²) in [6.07, 6.45) is 1.99. The Morgan fingerprint density at radius 2 is 2.05 bits per heavy atom. The highest BCUT2D eigenvalue weighted by atomic mass is 35.5. The number of hydrogen-bond donors (Lipinski definition) is 2. The van der Waals surface area contributed by atoms with Gasteiger partial charge < -0.3 is 10.1 Å². The van der Waals surface area contributed by atoms with Gasteiger partial charge in [0.15, 0.2) is 0 Å². The van der Waals surface area contributed by atoms with Gasteiger partial charge in [-0.15, -0.1) is 0 Å². The topological polar surface area (TPSA) is 79.8 Å². The van der Waals surface area contributed by atoms with Gasteiger partial charge in [-0.2, -0.15) is 5.10 Å². The predicted octanol–water partition coefficient (Wildman–Crippen LogP) is 1.60. The summed E-state index contributed by atoms with van der Waals surface area (Å²) in [5, 5.41) is 6.91. The minimum atomic E-state index is -0.844. The number of ether oxygens (including phenoxy) is 1. The molecule has 0 aromatic heterocycles. The summed E-state index contributed by atoms with van der Waals surface area (Å²) in [7, 11) is 1.56. The molecule has 2 N–H and O–H groups in total. The van der Waals surface area contributed by atoms with Crippen molar-refractivity contribution in [2.75, 3.05) is 20.3 Å². The van der Waals surface area contributed by atoms with Crippen LogP contribution in [0.2, 0.25) is 10.0 Å². The van der Waals surface area contributed by atoms with Crippen LogP contribution in [0.5, 0.6) is 0 Å². The molecule has 1 rings (SSSR count). The predicted molar refractivity (Wildman–Crippen MR) is 81.7 cm³/mol. The molecule has 1 aromatic rings. The third-order valence-electron chi connectivity index (χ3n) is 2.34. The normalized spacial score (nSPS) is 10.6. The number of hydrazone groups is 1. The Morgan fingerprint density at radius 3 is 2.71 bits per heavy atom.